The summed E-state index contributed by atoms with van der Waals surface area (Å²) in [5.41, 5.74) is 6.71. The second-order valence-electron chi connectivity index (χ2n) is 3.60. The second kappa shape index (κ2) is 7.34. The summed E-state index contributed by atoms with van der Waals surface area (Å²) in [5.74, 6) is 0.359. The van der Waals surface area contributed by atoms with E-state index in [2.05, 4.69) is 11.9 Å². The summed E-state index contributed by atoms with van der Waals surface area (Å²) in [4.78, 5) is 11.7. The lowest BCUT2D eigenvalue weighted by Crippen LogP contribution is -2.26. The normalized spacial score (nSPS) is 9.83. The van der Waals surface area contributed by atoms with Crippen LogP contribution in [-0.4, -0.2) is 32.8 Å². The standard InChI is InChI=1S/C13H18N2O3/c1-3-7-18-12-5-4-10(9-11(12)14)13(16)15-6-8-17-2/h3-5,9H,1,6-8,14H2,2H3,(H,15,16). The van der Waals surface area contributed by atoms with Crippen LogP contribution in [0.15, 0.2) is 30.9 Å². The number of nitrogens with one attached hydrogen (secondary N) is 1. The lowest BCUT2D eigenvalue weighted by atomic mass is 10.2. The Labute approximate surface area is 107 Å². The molecular formula is C13H18N2O3. The van der Waals surface area contributed by atoms with Crippen molar-refractivity contribution in [1.82, 2.24) is 5.32 Å². The largest absolute Gasteiger partial charge is 0.487 e. The van der Waals surface area contributed by atoms with Gasteiger partial charge >= 0.3 is 0 Å². The van der Waals surface area contributed by atoms with Crippen LogP contribution in [0.25, 0.3) is 0 Å². The van der Waals surface area contributed by atoms with E-state index in [-0.39, 0.29) is 5.91 Å². The molecule has 18 heavy (non-hydrogen) atoms. The molecule has 0 saturated heterocycles. The zero-order chi connectivity index (χ0) is 13.4. The molecule has 1 amide bonds. The van der Waals surface area contributed by atoms with Gasteiger partial charge in [0.1, 0.15) is 12.4 Å². The molecule has 0 aromatic heterocycles. The maximum Gasteiger partial charge on any atom is 0.251 e. The fourth-order valence-electron chi connectivity index (χ4n) is 1.34. The second-order valence-corrected chi connectivity index (χ2v) is 3.60. The monoisotopic (exact) mass is 250 g/mol. The molecule has 5 nitrogen and oxygen atoms in total. The van der Waals surface area contributed by atoms with Crippen LogP contribution >= 0.6 is 0 Å². The fourth-order valence-corrected chi connectivity index (χ4v) is 1.34. The highest BCUT2D eigenvalue weighted by Crippen LogP contribution is 2.22. The average molecular weight is 250 g/mol. The van der Waals surface area contributed by atoms with Crippen molar-refractivity contribution in [2.24, 2.45) is 0 Å². The van der Waals surface area contributed by atoms with Gasteiger partial charge in [-0.1, -0.05) is 12.7 Å². The van der Waals surface area contributed by atoms with E-state index in [0.29, 0.717) is 36.8 Å². The van der Waals surface area contributed by atoms with E-state index < -0.39 is 0 Å². The number of hydrogen-bond donors (Lipinski definition) is 2. The molecule has 0 bridgehead atoms. The molecule has 3 N–H and O–H groups in total. The molecule has 0 aliphatic heterocycles. The Kier molecular flexibility index (Phi) is 5.73. The SMILES string of the molecule is C=CCOc1ccc(C(=O)NCCOC)cc1N. The maximum atomic E-state index is 11.7. The number of nitrogen functional groups attached to an aromatic ring is 1. The van der Waals surface area contributed by atoms with E-state index in [9.17, 15) is 4.79 Å². The summed E-state index contributed by atoms with van der Waals surface area (Å²) < 4.78 is 10.2. The molecule has 0 atom stereocenters. The summed E-state index contributed by atoms with van der Waals surface area (Å²) in [6.45, 7) is 4.87. The Morgan fingerprint density at radius 3 is 2.94 bits per heavy atom. The Bertz CT molecular complexity index is 419. The van der Waals surface area contributed by atoms with Crippen LogP contribution in [-0.2, 0) is 4.74 Å². The molecule has 1 aromatic carbocycles. The first-order valence-corrected chi connectivity index (χ1v) is 5.59. The van der Waals surface area contributed by atoms with Crippen molar-refractivity contribution < 1.29 is 14.3 Å². The Morgan fingerprint density at radius 1 is 1.56 bits per heavy atom. The van der Waals surface area contributed by atoms with Crippen LogP contribution in [0, 0.1) is 0 Å². The van der Waals surface area contributed by atoms with Gasteiger partial charge in [-0.3, -0.25) is 4.79 Å². The quantitative estimate of drug-likeness (QED) is 0.433. The van der Waals surface area contributed by atoms with Crippen LogP contribution in [0.5, 0.6) is 5.75 Å². The van der Waals surface area contributed by atoms with E-state index >= 15 is 0 Å². The Morgan fingerprint density at radius 2 is 2.33 bits per heavy atom. The number of methoxy groups -OCH3 is 1. The molecule has 1 aromatic rings. The molecule has 1 rings (SSSR count). The molecule has 0 heterocycles. The predicted octanol–water partition coefficient (Wildman–Crippen LogP) is 1.21. The predicted molar refractivity (Wildman–Crippen MR) is 70.8 cm³/mol. The van der Waals surface area contributed by atoms with Crippen LogP contribution in [0.2, 0.25) is 0 Å². The maximum absolute atomic E-state index is 11.7. The molecule has 0 saturated carbocycles. The van der Waals surface area contributed by atoms with E-state index in [4.69, 9.17) is 15.2 Å². The summed E-state index contributed by atoms with van der Waals surface area (Å²) >= 11 is 0. The van der Waals surface area contributed by atoms with Gasteiger partial charge in [-0.25, -0.2) is 0 Å². The molecule has 0 aliphatic rings. The van der Waals surface area contributed by atoms with Gasteiger partial charge in [-0.05, 0) is 18.2 Å². The minimum atomic E-state index is -0.186. The van der Waals surface area contributed by atoms with E-state index in [1.807, 2.05) is 0 Å². The third kappa shape index (κ3) is 4.10. The number of carbonyl (C=O) groups is 1. The highest BCUT2D eigenvalue weighted by atomic mass is 16.5. The van der Waals surface area contributed by atoms with E-state index in [1.165, 1.54) is 0 Å². The third-order valence-corrected chi connectivity index (χ3v) is 2.22. The lowest BCUT2D eigenvalue weighted by molar-refractivity contribution is 0.0937. The Balaban J connectivity index is 2.65. The van der Waals surface area contributed by atoms with Crippen molar-refractivity contribution in [3.05, 3.63) is 36.4 Å². The molecule has 0 fully saturated rings. The minimum absolute atomic E-state index is 0.186. The average Bonchev–Trinajstić information content (AvgIpc) is 2.37. The van der Waals surface area contributed by atoms with Gasteiger partial charge in [-0.15, -0.1) is 0 Å². The molecule has 98 valence electrons. The van der Waals surface area contributed by atoms with Crippen LogP contribution in [0.1, 0.15) is 10.4 Å². The first-order chi connectivity index (χ1) is 8.69. The lowest BCUT2D eigenvalue weighted by Gasteiger charge is -2.09. The smallest absolute Gasteiger partial charge is 0.251 e. The van der Waals surface area contributed by atoms with Crippen molar-refractivity contribution >= 4 is 11.6 Å². The van der Waals surface area contributed by atoms with Gasteiger partial charge < -0.3 is 20.5 Å². The van der Waals surface area contributed by atoms with Crippen molar-refractivity contribution in [2.75, 3.05) is 32.6 Å². The highest BCUT2D eigenvalue weighted by Gasteiger charge is 2.08. The number of benzene rings is 1. The first-order valence-electron chi connectivity index (χ1n) is 5.59. The third-order valence-electron chi connectivity index (χ3n) is 2.22. The Hall–Kier alpha value is -2.01. The number of hydrogen-bond acceptors (Lipinski definition) is 4. The van der Waals surface area contributed by atoms with Crippen molar-refractivity contribution in [1.29, 1.82) is 0 Å². The number of nitrogens with two attached hydrogens (primary N) is 1. The zero-order valence-corrected chi connectivity index (χ0v) is 10.4. The summed E-state index contributed by atoms with van der Waals surface area (Å²) in [7, 11) is 1.58. The van der Waals surface area contributed by atoms with Gasteiger partial charge in [0.05, 0.1) is 12.3 Å². The number of ether oxygens (including phenoxy) is 2. The van der Waals surface area contributed by atoms with Crippen LogP contribution < -0.4 is 15.8 Å². The fraction of sp³-hybridized carbons (Fsp3) is 0.308. The highest BCUT2D eigenvalue weighted by molar-refractivity contribution is 5.95. The van der Waals surface area contributed by atoms with Gasteiger partial charge in [0.15, 0.2) is 0 Å². The van der Waals surface area contributed by atoms with Crippen molar-refractivity contribution in [2.45, 2.75) is 0 Å². The molecule has 0 spiro atoms. The van der Waals surface area contributed by atoms with Crippen molar-refractivity contribution in [3.63, 3.8) is 0 Å². The number of anilines is 1. The minimum Gasteiger partial charge on any atom is -0.487 e. The molecule has 0 radical (unpaired) electrons. The molecular weight excluding hydrogens is 232 g/mol. The summed E-state index contributed by atoms with van der Waals surface area (Å²) in [6.07, 6.45) is 1.63. The zero-order valence-electron chi connectivity index (χ0n) is 10.4. The van der Waals surface area contributed by atoms with Crippen LogP contribution in [0.4, 0.5) is 5.69 Å². The number of amides is 1. The number of rotatable bonds is 7. The van der Waals surface area contributed by atoms with Crippen LogP contribution in [0.3, 0.4) is 0 Å². The molecule has 0 aliphatic carbocycles. The molecule has 5 heteroatoms. The molecule has 0 unspecified atom stereocenters. The van der Waals surface area contributed by atoms with Gasteiger partial charge in [0.25, 0.3) is 5.91 Å². The van der Waals surface area contributed by atoms with Gasteiger partial charge in [-0.2, -0.15) is 0 Å². The first kappa shape index (κ1) is 14.1. The van der Waals surface area contributed by atoms with E-state index in [0.717, 1.165) is 0 Å². The topological polar surface area (TPSA) is 73.6 Å². The van der Waals surface area contributed by atoms with Gasteiger partial charge in [0.2, 0.25) is 0 Å². The summed E-state index contributed by atoms with van der Waals surface area (Å²) in [6, 6.07) is 4.92. The summed E-state index contributed by atoms with van der Waals surface area (Å²) in [5, 5.41) is 2.71. The van der Waals surface area contributed by atoms with Gasteiger partial charge in [0, 0.05) is 19.2 Å². The van der Waals surface area contributed by atoms with Crippen molar-refractivity contribution in [3.8, 4) is 5.75 Å². The van der Waals surface area contributed by atoms with E-state index in [1.54, 1.807) is 31.4 Å². The number of carbonyl (C=O) groups excluding carboxylic acids is 1.